The molecule has 0 saturated carbocycles. The molecule has 80 valence electrons. The van der Waals surface area contributed by atoms with Gasteiger partial charge < -0.3 is 5.32 Å². The molecule has 0 aliphatic heterocycles. The zero-order chi connectivity index (χ0) is 11.4. The number of hydrogen-bond donors (Lipinski definition) is 1. The van der Waals surface area contributed by atoms with Crippen molar-refractivity contribution in [3.8, 4) is 0 Å². The zero-order valence-corrected chi connectivity index (χ0v) is 9.28. The topological polar surface area (TPSA) is 37.8 Å². The Morgan fingerprint density at radius 3 is 2.69 bits per heavy atom. The third-order valence-electron chi connectivity index (χ3n) is 2.07. The smallest absolute Gasteiger partial charge is 0.152 e. The number of aromatic nitrogens is 2. The summed E-state index contributed by atoms with van der Waals surface area (Å²) in [4.78, 5) is 8.20. The predicted molar refractivity (Wildman–Crippen MR) is 66.9 cm³/mol. The number of rotatable bonds is 3. The van der Waals surface area contributed by atoms with Gasteiger partial charge >= 0.3 is 0 Å². The zero-order valence-electron chi connectivity index (χ0n) is 8.52. The van der Waals surface area contributed by atoms with Gasteiger partial charge in [0.1, 0.15) is 5.82 Å². The maximum atomic E-state index is 5.94. The summed E-state index contributed by atoms with van der Waals surface area (Å²) >= 11 is 5.94. The van der Waals surface area contributed by atoms with Crippen molar-refractivity contribution in [3.05, 3.63) is 54.0 Å². The van der Waals surface area contributed by atoms with E-state index in [1.54, 1.807) is 18.5 Å². The van der Waals surface area contributed by atoms with Gasteiger partial charge in [-0.25, -0.2) is 9.97 Å². The van der Waals surface area contributed by atoms with E-state index in [1.165, 1.54) is 0 Å². The lowest BCUT2D eigenvalue weighted by atomic mass is 10.2. The van der Waals surface area contributed by atoms with Gasteiger partial charge in [0.15, 0.2) is 5.15 Å². The summed E-state index contributed by atoms with van der Waals surface area (Å²) in [6.45, 7) is 3.73. The van der Waals surface area contributed by atoms with Crippen LogP contribution in [0.3, 0.4) is 0 Å². The summed E-state index contributed by atoms with van der Waals surface area (Å²) < 4.78 is 0. The highest BCUT2D eigenvalue weighted by Gasteiger charge is 2.03. The Hall–Kier alpha value is -1.87. The van der Waals surface area contributed by atoms with Gasteiger partial charge in [0.2, 0.25) is 0 Å². The molecular formula is C12H10ClN3. The second kappa shape index (κ2) is 4.77. The van der Waals surface area contributed by atoms with Gasteiger partial charge in [-0.1, -0.05) is 24.3 Å². The normalized spacial score (nSPS) is 9.81. The predicted octanol–water partition coefficient (Wildman–Crippen LogP) is 3.52. The Morgan fingerprint density at radius 1 is 1.19 bits per heavy atom. The Bertz CT molecular complexity index is 511. The lowest BCUT2D eigenvalue weighted by Crippen LogP contribution is -1.97. The minimum Gasteiger partial charge on any atom is -0.337 e. The van der Waals surface area contributed by atoms with Crippen molar-refractivity contribution in [2.75, 3.05) is 5.32 Å². The highest BCUT2D eigenvalue weighted by Crippen LogP contribution is 2.23. The van der Waals surface area contributed by atoms with Gasteiger partial charge in [0.25, 0.3) is 0 Å². The lowest BCUT2D eigenvalue weighted by Gasteiger charge is -2.08. The molecule has 0 bridgehead atoms. The van der Waals surface area contributed by atoms with Crippen LogP contribution in [0.15, 0.2) is 43.2 Å². The highest BCUT2D eigenvalue weighted by atomic mass is 35.5. The van der Waals surface area contributed by atoms with Crippen LogP contribution in [-0.2, 0) is 0 Å². The Kier molecular flexibility index (Phi) is 3.17. The third-order valence-corrected chi connectivity index (χ3v) is 2.37. The molecule has 0 radical (unpaired) electrons. The molecule has 0 unspecified atom stereocenters. The number of nitrogens with zero attached hydrogens (tertiary/aromatic N) is 2. The maximum Gasteiger partial charge on any atom is 0.152 e. The molecule has 2 aromatic heterocycles. The standard InChI is InChI=1S/C12H10ClN3/c1-2-9-5-3-8-15-12(9)16-10-6-4-7-14-11(10)13/h2-8H,1H2,(H,15,16). The van der Waals surface area contributed by atoms with E-state index in [0.717, 1.165) is 11.3 Å². The average Bonchev–Trinajstić information content (AvgIpc) is 2.33. The fraction of sp³-hybridized carbons (Fsp3) is 0. The minimum absolute atomic E-state index is 0.420. The fourth-order valence-corrected chi connectivity index (χ4v) is 1.46. The Labute approximate surface area is 98.8 Å². The van der Waals surface area contributed by atoms with Gasteiger partial charge in [-0.3, -0.25) is 0 Å². The van der Waals surface area contributed by atoms with Crippen molar-refractivity contribution in [2.45, 2.75) is 0 Å². The van der Waals surface area contributed by atoms with Crippen LogP contribution in [0.25, 0.3) is 6.08 Å². The molecule has 16 heavy (non-hydrogen) atoms. The molecule has 0 atom stereocenters. The van der Waals surface area contributed by atoms with Crippen LogP contribution >= 0.6 is 11.6 Å². The number of anilines is 2. The molecule has 0 aliphatic carbocycles. The first-order valence-electron chi connectivity index (χ1n) is 4.76. The van der Waals surface area contributed by atoms with E-state index in [4.69, 9.17) is 11.6 Å². The number of nitrogens with one attached hydrogen (secondary N) is 1. The van der Waals surface area contributed by atoms with E-state index in [1.807, 2.05) is 24.3 Å². The van der Waals surface area contributed by atoms with Gasteiger partial charge in [0, 0.05) is 18.0 Å². The van der Waals surface area contributed by atoms with Crippen molar-refractivity contribution < 1.29 is 0 Å². The number of hydrogen-bond acceptors (Lipinski definition) is 3. The summed E-state index contributed by atoms with van der Waals surface area (Å²) in [5, 5.41) is 3.53. The quantitative estimate of drug-likeness (QED) is 0.822. The van der Waals surface area contributed by atoms with Crippen LogP contribution in [0.5, 0.6) is 0 Å². The maximum absolute atomic E-state index is 5.94. The Balaban J connectivity index is 2.34. The largest absolute Gasteiger partial charge is 0.337 e. The molecule has 0 amide bonds. The molecule has 4 heteroatoms. The summed E-state index contributed by atoms with van der Waals surface area (Å²) in [6.07, 6.45) is 5.08. The van der Waals surface area contributed by atoms with Crippen molar-refractivity contribution >= 4 is 29.2 Å². The average molecular weight is 232 g/mol. The second-order valence-electron chi connectivity index (χ2n) is 3.11. The van der Waals surface area contributed by atoms with E-state index in [2.05, 4.69) is 21.9 Å². The third kappa shape index (κ3) is 2.20. The molecule has 0 aromatic carbocycles. The SMILES string of the molecule is C=Cc1cccnc1Nc1cccnc1Cl. The Morgan fingerprint density at radius 2 is 1.94 bits per heavy atom. The van der Waals surface area contributed by atoms with E-state index in [9.17, 15) is 0 Å². The summed E-state index contributed by atoms with van der Waals surface area (Å²) in [6, 6.07) is 7.43. The number of halogens is 1. The minimum atomic E-state index is 0.420. The van der Waals surface area contributed by atoms with E-state index < -0.39 is 0 Å². The van der Waals surface area contributed by atoms with Crippen LogP contribution in [0.2, 0.25) is 5.15 Å². The van der Waals surface area contributed by atoms with Crippen molar-refractivity contribution in [1.82, 2.24) is 9.97 Å². The van der Waals surface area contributed by atoms with E-state index in [-0.39, 0.29) is 0 Å². The number of pyridine rings is 2. The van der Waals surface area contributed by atoms with E-state index >= 15 is 0 Å². The van der Waals surface area contributed by atoms with Gasteiger partial charge in [-0.05, 0) is 24.3 Å². The molecule has 2 heterocycles. The molecule has 2 aromatic rings. The first kappa shape index (κ1) is 10.6. The summed E-state index contributed by atoms with van der Waals surface area (Å²) in [5.41, 5.74) is 1.65. The first-order valence-corrected chi connectivity index (χ1v) is 5.14. The van der Waals surface area contributed by atoms with Crippen LogP contribution < -0.4 is 5.32 Å². The van der Waals surface area contributed by atoms with Gasteiger partial charge in [-0.2, -0.15) is 0 Å². The molecule has 2 rings (SSSR count). The van der Waals surface area contributed by atoms with Crippen LogP contribution in [-0.4, -0.2) is 9.97 Å². The van der Waals surface area contributed by atoms with Gasteiger partial charge in [-0.15, -0.1) is 0 Å². The second-order valence-corrected chi connectivity index (χ2v) is 3.47. The van der Waals surface area contributed by atoms with Crippen molar-refractivity contribution in [3.63, 3.8) is 0 Å². The van der Waals surface area contributed by atoms with E-state index in [0.29, 0.717) is 11.0 Å². The lowest BCUT2D eigenvalue weighted by molar-refractivity contribution is 1.27. The summed E-state index contributed by atoms with van der Waals surface area (Å²) in [7, 11) is 0. The molecule has 0 saturated heterocycles. The van der Waals surface area contributed by atoms with Crippen LogP contribution in [0.4, 0.5) is 11.5 Å². The molecule has 0 spiro atoms. The van der Waals surface area contributed by atoms with Crippen molar-refractivity contribution in [1.29, 1.82) is 0 Å². The molecular weight excluding hydrogens is 222 g/mol. The molecule has 0 aliphatic rings. The van der Waals surface area contributed by atoms with Gasteiger partial charge in [0.05, 0.1) is 5.69 Å². The molecule has 3 nitrogen and oxygen atoms in total. The summed E-state index contributed by atoms with van der Waals surface area (Å²) in [5.74, 6) is 0.715. The van der Waals surface area contributed by atoms with Crippen LogP contribution in [0.1, 0.15) is 5.56 Å². The monoisotopic (exact) mass is 231 g/mol. The molecule has 1 N–H and O–H groups in total. The highest BCUT2D eigenvalue weighted by molar-refractivity contribution is 6.32. The van der Waals surface area contributed by atoms with Crippen molar-refractivity contribution in [2.24, 2.45) is 0 Å². The van der Waals surface area contributed by atoms with Crippen LogP contribution in [0, 0.1) is 0 Å². The molecule has 0 fully saturated rings. The first-order chi connectivity index (χ1) is 7.81. The fourth-order valence-electron chi connectivity index (χ4n) is 1.29.